The normalized spacial score (nSPS) is 13.0. The van der Waals surface area contributed by atoms with Gasteiger partial charge < -0.3 is 23.7 Å². The van der Waals surface area contributed by atoms with Gasteiger partial charge in [-0.2, -0.15) is 0 Å². The summed E-state index contributed by atoms with van der Waals surface area (Å²) in [5, 5.41) is 0. The largest absolute Gasteiger partial charge is 0.493 e. The van der Waals surface area contributed by atoms with Crippen LogP contribution in [0, 0.1) is 5.82 Å². The first-order valence-electron chi connectivity index (χ1n) is 8.19. The Kier molecular flexibility index (Phi) is 5.93. The highest BCUT2D eigenvalue weighted by Crippen LogP contribution is 2.33. The number of halogens is 1. The van der Waals surface area contributed by atoms with Crippen LogP contribution in [0.4, 0.5) is 4.39 Å². The van der Waals surface area contributed by atoms with E-state index in [0.717, 1.165) is 5.56 Å². The van der Waals surface area contributed by atoms with Gasteiger partial charge in [0.2, 0.25) is 0 Å². The van der Waals surface area contributed by atoms with Crippen molar-refractivity contribution in [3.05, 3.63) is 58.9 Å². The second-order valence-corrected chi connectivity index (χ2v) is 5.72. The first-order chi connectivity index (χ1) is 13.1. The fraction of sp³-hybridized carbons (Fsp3) is 0.250. The zero-order valence-electron chi connectivity index (χ0n) is 15.0. The molecule has 0 bridgehead atoms. The number of hydrogen-bond donors (Lipinski definition) is 0. The van der Waals surface area contributed by atoms with Crippen LogP contribution in [0.5, 0.6) is 17.2 Å². The lowest BCUT2D eigenvalue weighted by Crippen LogP contribution is -2.14. The molecule has 142 valence electrons. The standard InChI is InChI=1S/C20H19FO6/c1-23-18-7-13(4-6-19(22)24-2)3-5-17(18)26-11-15-9-16(21)8-14-10-25-12-27-20(14)15/h3-9H,10-12H2,1-2H3/b6-4+. The summed E-state index contributed by atoms with van der Waals surface area (Å²) in [7, 11) is 2.83. The molecule has 2 aromatic rings. The van der Waals surface area contributed by atoms with Crippen molar-refractivity contribution in [1.29, 1.82) is 0 Å². The van der Waals surface area contributed by atoms with Crippen LogP contribution in [0.2, 0.25) is 0 Å². The first-order valence-corrected chi connectivity index (χ1v) is 8.19. The summed E-state index contributed by atoms with van der Waals surface area (Å²) in [6.07, 6.45) is 2.92. The molecule has 1 aliphatic rings. The minimum atomic E-state index is -0.450. The Morgan fingerprint density at radius 2 is 2.07 bits per heavy atom. The lowest BCUT2D eigenvalue weighted by atomic mass is 10.1. The number of carbonyl (C=O) groups is 1. The van der Waals surface area contributed by atoms with Crippen LogP contribution in [-0.4, -0.2) is 27.0 Å². The van der Waals surface area contributed by atoms with E-state index < -0.39 is 5.97 Å². The van der Waals surface area contributed by atoms with Crippen molar-refractivity contribution in [2.24, 2.45) is 0 Å². The molecule has 0 aliphatic carbocycles. The van der Waals surface area contributed by atoms with E-state index in [4.69, 9.17) is 18.9 Å². The molecule has 7 heteroatoms. The highest BCUT2D eigenvalue weighted by atomic mass is 19.1. The zero-order chi connectivity index (χ0) is 19.2. The predicted molar refractivity (Wildman–Crippen MR) is 95.1 cm³/mol. The Hall–Kier alpha value is -3.06. The van der Waals surface area contributed by atoms with Crippen LogP contribution < -0.4 is 14.2 Å². The van der Waals surface area contributed by atoms with E-state index in [-0.39, 0.29) is 19.2 Å². The van der Waals surface area contributed by atoms with Gasteiger partial charge in [0.25, 0.3) is 0 Å². The molecule has 6 nitrogen and oxygen atoms in total. The van der Waals surface area contributed by atoms with Crippen LogP contribution in [-0.2, 0) is 27.5 Å². The molecule has 0 fully saturated rings. The van der Waals surface area contributed by atoms with Crippen molar-refractivity contribution < 1.29 is 32.9 Å². The van der Waals surface area contributed by atoms with Crippen LogP contribution in [0.1, 0.15) is 16.7 Å². The molecule has 0 aromatic heterocycles. The molecule has 2 aromatic carbocycles. The Balaban J connectivity index is 1.77. The van der Waals surface area contributed by atoms with Gasteiger partial charge in [-0.1, -0.05) is 6.07 Å². The SMILES string of the molecule is COC(=O)/C=C/c1ccc(OCc2cc(F)cc3c2OCOC3)c(OC)c1. The highest BCUT2D eigenvalue weighted by Gasteiger charge is 2.18. The molecule has 0 N–H and O–H groups in total. The summed E-state index contributed by atoms with van der Waals surface area (Å²) >= 11 is 0. The second-order valence-electron chi connectivity index (χ2n) is 5.72. The number of esters is 1. The molecular formula is C20H19FO6. The van der Waals surface area contributed by atoms with Gasteiger partial charge in [-0.15, -0.1) is 0 Å². The summed E-state index contributed by atoms with van der Waals surface area (Å²) in [5.41, 5.74) is 1.98. The number of hydrogen-bond acceptors (Lipinski definition) is 6. The van der Waals surface area contributed by atoms with Crippen molar-refractivity contribution in [1.82, 2.24) is 0 Å². The number of rotatable bonds is 6. The minimum Gasteiger partial charge on any atom is -0.493 e. The van der Waals surface area contributed by atoms with Gasteiger partial charge >= 0.3 is 5.97 Å². The quantitative estimate of drug-likeness (QED) is 0.570. The summed E-state index contributed by atoms with van der Waals surface area (Å²) in [5.74, 6) is 0.722. The first kappa shape index (κ1) is 18.7. The molecule has 3 rings (SSSR count). The van der Waals surface area contributed by atoms with Crippen molar-refractivity contribution in [2.75, 3.05) is 21.0 Å². The second kappa shape index (κ2) is 8.55. The summed E-state index contributed by atoms with van der Waals surface area (Å²) in [4.78, 5) is 11.2. The van der Waals surface area contributed by atoms with E-state index in [1.807, 2.05) is 0 Å². The van der Waals surface area contributed by atoms with E-state index in [9.17, 15) is 9.18 Å². The van der Waals surface area contributed by atoms with Crippen molar-refractivity contribution >= 4 is 12.0 Å². The lowest BCUT2D eigenvalue weighted by molar-refractivity contribution is -0.134. The maximum absolute atomic E-state index is 13.8. The third-order valence-corrected chi connectivity index (χ3v) is 3.94. The number of benzene rings is 2. The van der Waals surface area contributed by atoms with Crippen LogP contribution in [0.3, 0.4) is 0 Å². The van der Waals surface area contributed by atoms with E-state index in [1.165, 1.54) is 32.4 Å². The van der Waals surface area contributed by atoms with Gasteiger partial charge in [0, 0.05) is 17.2 Å². The van der Waals surface area contributed by atoms with Gasteiger partial charge in [-0.3, -0.25) is 0 Å². The Bertz CT molecular complexity index is 862. The van der Waals surface area contributed by atoms with Gasteiger partial charge in [0.1, 0.15) is 18.2 Å². The number of carbonyl (C=O) groups excluding carboxylic acids is 1. The molecule has 0 radical (unpaired) electrons. The molecule has 0 saturated carbocycles. The third-order valence-electron chi connectivity index (χ3n) is 3.94. The fourth-order valence-corrected chi connectivity index (χ4v) is 2.66. The lowest BCUT2D eigenvalue weighted by Gasteiger charge is -2.21. The molecule has 0 spiro atoms. The van der Waals surface area contributed by atoms with Crippen molar-refractivity contribution in [2.45, 2.75) is 13.2 Å². The Morgan fingerprint density at radius 1 is 1.22 bits per heavy atom. The van der Waals surface area contributed by atoms with E-state index in [2.05, 4.69) is 4.74 Å². The molecule has 0 atom stereocenters. The smallest absolute Gasteiger partial charge is 0.330 e. The molecular weight excluding hydrogens is 355 g/mol. The number of ether oxygens (including phenoxy) is 5. The molecule has 0 saturated heterocycles. The maximum Gasteiger partial charge on any atom is 0.330 e. The molecule has 1 heterocycles. The zero-order valence-corrected chi connectivity index (χ0v) is 15.0. The number of methoxy groups -OCH3 is 2. The van der Waals surface area contributed by atoms with Crippen LogP contribution in [0.15, 0.2) is 36.4 Å². The van der Waals surface area contributed by atoms with Gasteiger partial charge in [0.15, 0.2) is 18.3 Å². The van der Waals surface area contributed by atoms with Gasteiger partial charge in [0.05, 0.1) is 20.8 Å². The molecule has 1 aliphatic heterocycles. The average Bonchev–Trinajstić information content (AvgIpc) is 2.70. The van der Waals surface area contributed by atoms with E-state index in [1.54, 1.807) is 24.3 Å². The topological polar surface area (TPSA) is 63.2 Å². The summed E-state index contributed by atoms with van der Waals surface area (Å²) in [6.45, 7) is 0.522. The summed E-state index contributed by atoms with van der Waals surface area (Å²) < 4.78 is 40.2. The molecule has 0 amide bonds. The monoisotopic (exact) mass is 374 g/mol. The van der Waals surface area contributed by atoms with E-state index in [0.29, 0.717) is 35.0 Å². The average molecular weight is 374 g/mol. The highest BCUT2D eigenvalue weighted by molar-refractivity contribution is 5.87. The Morgan fingerprint density at radius 3 is 2.85 bits per heavy atom. The third kappa shape index (κ3) is 4.57. The van der Waals surface area contributed by atoms with Crippen LogP contribution in [0.25, 0.3) is 6.08 Å². The predicted octanol–water partition coefficient (Wildman–Crippen LogP) is 3.47. The van der Waals surface area contributed by atoms with E-state index >= 15 is 0 Å². The number of fused-ring (bicyclic) bond motifs is 1. The molecule has 0 unspecified atom stereocenters. The fourth-order valence-electron chi connectivity index (χ4n) is 2.66. The van der Waals surface area contributed by atoms with Gasteiger partial charge in [-0.05, 0) is 35.9 Å². The minimum absolute atomic E-state index is 0.105. The van der Waals surface area contributed by atoms with Crippen LogP contribution >= 0.6 is 0 Å². The summed E-state index contributed by atoms with van der Waals surface area (Å²) in [6, 6.07) is 7.97. The van der Waals surface area contributed by atoms with Gasteiger partial charge in [-0.25, -0.2) is 9.18 Å². The van der Waals surface area contributed by atoms with Crippen molar-refractivity contribution in [3.63, 3.8) is 0 Å². The Labute approximate surface area is 156 Å². The van der Waals surface area contributed by atoms with Crippen molar-refractivity contribution in [3.8, 4) is 17.2 Å². The molecule has 27 heavy (non-hydrogen) atoms. The maximum atomic E-state index is 13.8.